The number of aliphatic hydroxyl groups is 1. The average molecular weight is 253 g/mol. The molecule has 0 aliphatic carbocycles. The highest BCUT2D eigenvalue weighted by Crippen LogP contribution is 2.18. The first-order chi connectivity index (χ1) is 8.72. The number of hydrogen-bond acceptors (Lipinski definition) is 3. The van der Waals surface area contributed by atoms with Crippen molar-refractivity contribution < 1.29 is 19.0 Å². The fraction of sp³-hybridized carbons (Fsp3) is 0.462. The topological polar surface area (TPSA) is 49.8 Å². The number of carbonyl (C=O) groups is 1. The molecule has 2 rings (SSSR count). The van der Waals surface area contributed by atoms with Gasteiger partial charge in [0.05, 0.1) is 12.6 Å². The molecule has 1 atom stereocenters. The highest BCUT2D eigenvalue weighted by atomic mass is 19.1. The van der Waals surface area contributed by atoms with Crippen LogP contribution in [-0.2, 0) is 4.79 Å². The van der Waals surface area contributed by atoms with Crippen LogP contribution in [0.5, 0.6) is 5.75 Å². The zero-order valence-corrected chi connectivity index (χ0v) is 10.0. The molecule has 5 heteroatoms. The van der Waals surface area contributed by atoms with Gasteiger partial charge in [0.25, 0.3) is 5.91 Å². The van der Waals surface area contributed by atoms with E-state index in [0.717, 1.165) is 12.8 Å². The van der Waals surface area contributed by atoms with Gasteiger partial charge in [-0.1, -0.05) is 12.1 Å². The van der Waals surface area contributed by atoms with E-state index in [0.29, 0.717) is 6.54 Å². The second-order valence-corrected chi connectivity index (χ2v) is 4.28. The van der Waals surface area contributed by atoms with Gasteiger partial charge in [0, 0.05) is 6.54 Å². The summed E-state index contributed by atoms with van der Waals surface area (Å²) in [4.78, 5) is 13.5. The third-order valence-electron chi connectivity index (χ3n) is 3.10. The van der Waals surface area contributed by atoms with Gasteiger partial charge in [-0.05, 0) is 25.0 Å². The molecule has 98 valence electrons. The van der Waals surface area contributed by atoms with Crippen LogP contribution in [0.4, 0.5) is 4.39 Å². The van der Waals surface area contributed by atoms with Crippen molar-refractivity contribution in [3.05, 3.63) is 30.1 Å². The zero-order valence-electron chi connectivity index (χ0n) is 10.0. The van der Waals surface area contributed by atoms with Crippen molar-refractivity contribution in [2.45, 2.75) is 18.9 Å². The second kappa shape index (κ2) is 5.82. The van der Waals surface area contributed by atoms with Crippen molar-refractivity contribution >= 4 is 5.91 Å². The number of nitrogens with zero attached hydrogens (tertiary/aromatic N) is 1. The number of aliphatic hydroxyl groups excluding tert-OH is 1. The molecule has 1 heterocycles. The van der Waals surface area contributed by atoms with Gasteiger partial charge in [-0.15, -0.1) is 0 Å². The van der Waals surface area contributed by atoms with Crippen LogP contribution in [0.1, 0.15) is 12.8 Å². The maximum atomic E-state index is 13.3. The van der Waals surface area contributed by atoms with Gasteiger partial charge in [0.2, 0.25) is 0 Å². The lowest BCUT2D eigenvalue weighted by Gasteiger charge is -2.22. The minimum Gasteiger partial charge on any atom is -0.481 e. The fourth-order valence-corrected chi connectivity index (χ4v) is 2.14. The zero-order chi connectivity index (χ0) is 13.0. The minimum absolute atomic E-state index is 0.0363. The number of hydrogen-bond donors (Lipinski definition) is 1. The van der Waals surface area contributed by atoms with E-state index < -0.39 is 5.82 Å². The van der Waals surface area contributed by atoms with Crippen LogP contribution < -0.4 is 4.74 Å². The van der Waals surface area contributed by atoms with Crippen molar-refractivity contribution in [3.63, 3.8) is 0 Å². The summed E-state index contributed by atoms with van der Waals surface area (Å²) in [6.45, 7) is 0.396. The second-order valence-electron chi connectivity index (χ2n) is 4.28. The first-order valence-corrected chi connectivity index (χ1v) is 6.00. The number of rotatable bonds is 4. The predicted octanol–water partition coefficient (Wildman–Crippen LogP) is 1.19. The molecule has 0 spiro atoms. The maximum absolute atomic E-state index is 13.3. The van der Waals surface area contributed by atoms with Crippen molar-refractivity contribution in [1.82, 2.24) is 4.90 Å². The van der Waals surface area contributed by atoms with E-state index in [4.69, 9.17) is 9.84 Å². The molecule has 1 amide bonds. The Kier molecular flexibility index (Phi) is 4.15. The number of carbonyl (C=O) groups excluding carboxylic acids is 1. The van der Waals surface area contributed by atoms with Crippen LogP contribution in [0.15, 0.2) is 24.3 Å². The van der Waals surface area contributed by atoms with Gasteiger partial charge in [0.1, 0.15) is 0 Å². The average Bonchev–Trinajstić information content (AvgIpc) is 2.86. The van der Waals surface area contributed by atoms with E-state index in [9.17, 15) is 9.18 Å². The first kappa shape index (κ1) is 12.8. The van der Waals surface area contributed by atoms with Gasteiger partial charge >= 0.3 is 0 Å². The van der Waals surface area contributed by atoms with Crippen LogP contribution >= 0.6 is 0 Å². The summed E-state index contributed by atoms with van der Waals surface area (Å²) >= 11 is 0. The molecular weight excluding hydrogens is 237 g/mol. The molecule has 1 fully saturated rings. The number of likely N-dealkylation sites (tertiary alicyclic amines) is 1. The van der Waals surface area contributed by atoms with Gasteiger partial charge in [-0.3, -0.25) is 4.79 Å². The lowest BCUT2D eigenvalue weighted by molar-refractivity contribution is -0.134. The number of benzene rings is 1. The van der Waals surface area contributed by atoms with Crippen LogP contribution in [-0.4, -0.2) is 41.7 Å². The number of halogens is 1. The van der Waals surface area contributed by atoms with E-state index in [2.05, 4.69) is 0 Å². The molecule has 0 unspecified atom stereocenters. The molecule has 0 saturated carbocycles. The number of para-hydroxylation sites is 1. The molecule has 1 aromatic carbocycles. The molecule has 1 saturated heterocycles. The smallest absolute Gasteiger partial charge is 0.260 e. The standard InChI is InChI=1S/C13H16FNO3/c14-11-5-1-2-6-12(11)18-9-13(17)15-7-3-4-10(15)8-16/h1-2,5-6,10,16H,3-4,7-9H2/t10-/m1/s1. The van der Waals surface area contributed by atoms with Gasteiger partial charge in [0.15, 0.2) is 18.2 Å². The Morgan fingerprint density at radius 1 is 1.50 bits per heavy atom. The predicted molar refractivity (Wildman–Crippen MR) is 63.7 cm³/mol. The molecular formula is C13H16FNO3. The lowest BCUT2D eigenvalue weighted by Crippen LogP contribution is -2.40. The molecule has 18 heavy (non-hydrogen) atoms. The van der Waals surface area contributed by atoms with Crippen molar-refractivity contribution in [2.75, 3.05) is 19.8 Å². The van der Waals surface area contributed by atoms with E-state index in [1.165, 1.54) is 12.1 Å². The van der Waals surface area contributed by atoms with E-state index >= 15 is 0 Å². The highest BCUT2D eigenvalue weighted by molar-refractivity contribution is 5.78. The SMILES string of the molecule is O=C(COc1ccccc1F)N1CCC[C@@H]1CO. The normalized spacial score (nSPS) is 19.0. The number of amides is 1. The van der Waals surface area contributed by atoms with E-state index in [1.807, 2.05) is 0 Å². The largest absolute Gasteiger partial charge is 0.481 e. The van der Waals surface area contributed by atoms with Crippen LogP contribution in [0.3, 0.4) is 0 Å². The molecule has 0 radical (unpaired) electrons. The Morgan fingerprint density at radius 2 is 2.28 bits per heavy atom. The Bertz CT molecular complexity index is 424. The lowest BCUT2D eigenvalue weighted by atomic mass is 10.2. The van der Waals surface area contributed by atoms with Gasteiger partial charge < -0.3 is 14.7 Å². The van der Waals surface area contributed by atoms with Crippen molar-refractivity contribution in [3.8, 4) is 5.75 Å². The minimum atomic E-state index is -0.481. The molecule has 1 aromatic rings. The van der Waals surface area contributed by atoms with Crippen molar-refractivity contribution in [2.24, 2.45) is 0 Å². The first-order valence-electron chi connectivity index (χ1n) is 6.00. The Hall–Kier alpha value is -1.62. The van der Waals surface area contributed by atoms with Crippen molar-refractivity contribution in [1.29, 1.82) is 0 Å². The molecule has 0 aromatic heterocycles. The monoisotopic (exact) mass is 253 g/mol. The molecule has 1 aliphatic heterocycles. The van der Waals surface area contributed by atoms with Crippen LogP contribution in [0.25, 0.3) is 0 Å². The summed E-state index contributed by atoms with van der Waals surface area (Å²) in [5, 5.41) is 9.12. The Labute approximate surface area is 105 Å². The quantitative estimate of drug-likeness (QED) is 0.876. The van der Waals surface area contributed by atoms with Gasteiger partial charge in [-0.2, -0.15) is 0 Å². The molecule has 1 N–H and O–H groups in total. The maximum Gasteiger partial charge on any atom is 0.260 e. The summed E-state index contributed by atoms with van der Waals surface area (Å²) in [7, 11) is 0. The third kappa shape index (κ3) is 2.79. The summed E-state index contributed by atoms with van der Waals surface area (Å²) in [6, 6.07) is 5.85. The molecule has 4 nitrogen and oxygen atoms in total. The molecule has 0 bridgehead atoms. The summed E-state index contributed by atoms with van der Waals surface area (Å²) in [5.74, 6) is -0.620. The summed E-state index contributed by atoms with van der Waals surface area (Å²) < 4.78 is 18.4. The van der Waals surface area contributed by atoms with E-state index in [1.54, 1.807) is 17.0 Å². The van der Waals surface area contributed by atoms with E-state index in [-0.39, 0.29) is 30.9 Å². The Morgan fingerprint density at radius 3 is 3.00 bits per heavy atom. The fourth-order valence-electron chi connectivity index (χ4n) is 2.14. The number of ether oxygens (including phenoxy) is 1. The summed E-state index contributed by atoms with van der Waals surface area (Å²) in [5.41, 5.74) is 0. The third-order valence-corrected chi connectivity index (χ3v) is 3.10. The van der Waals surface area contributed by atoms with Gasteiger partial charge in [-0.25, -0.2) is 4.39 Å². The summed E-state index contributed by atoms with van der Waals surface area (Å²) in [6.07, 6.45) is 1.69. The Balaban J connectivity index is 1.90. The molecule has 1 aliphatic rings. The highest BCUT2D eigenvalue weighted by Gasteiger charge is 2.28. The van der Waals surface area contributed by atoms with Crippen LogP contribution in [0, 0.1) is 5.82 Å². The van der Waals surface area contributed by atoms with Crippen LogP contribution in [0.2, 0.25) is 0 Å².